The van der Waals surface area contributed by atoms with Gasteiger partial charge in [-0.1, -0.05) is 36.4 Å². The monoisotopic (exact) mass is 359 g/mol. The molecular formula is C18H21N3O3S. The molecule has 1 saturated heterocycles. The lowest BCUT2D eigenvalue weighted by molar-refractivity contribution is 0.251. The number of carbonyl (C=O) groups is 1. The van der Waals surface area contributed by atoms with Crippen LogP contribution in [-0.2, 0) is 16.6 Å². The lowest BCUT2D eigenvalue weighted by Gasteiger charge is -2.28. The largest absolute Gasteiger partial charge is 0.334 e. The second-order valence-electron chi connectivity index (χ2n) is 5.94. The van der Waals surface area contributed by atoms with Gasteiger partial charge in [-0.15, -0.1) is 0 Å². The molecule has 2 amide bonds. The van der Waals surface area contributed by atoms with Crippen molar-refractivity contribution in [1.29, 1.82) is 0 Å². The Kier molecular flexibility index (Phi) is 5.23. The van der Waals surface area contributed by atoms with Gasteiger partial charge in [-0.25, -0.2) is 13.2 Å². The van der Waals surface area contributed by atoms with E-state index >= 15 is 0 Å². The summed E-state index contributed by atoms with van der Waals surface area (Å²) in [6.07, 6.45) is 1.53. The normalized spacial score (nSPS) is 16.2. The minimum Gasteiger partial charge on any atom is -0.334 e. The third kappa shape index (κ3) is 4.51. The molecule has 0 saturated carbocycles. The molecule has 7 heteroatoms. The van der Waals surface area contributed by atoms with Gasteiger partial charge in [0.05, 0.1) is 11.4 Å². The summed E-state index contributed by atoms with van der Waals surface area (Å²) in [6, 6.07) is 16.2. The van der Waals surface area contributed by atoms with Crippen LogP contribution in [0.5, 0.6) is 0 Å². The van der Waals surface area contributed by atoms with Gasteiger partial charge in [0, 0.05) is 18.8 Å². The third-order valence-corrected chi connectivity index (χ3v) is 5.91. The van der Waals surface area contributed by atoms with Gasteiger partial charge in [0.1, 0.15) is 0 Å². The van der Waals surface area contributed by atoms with Crippen molar-refractivity contribution < 1.29 is 13.2 Å². The van der Waals surface area contributed by atoms with E-state index in [2.05, 4.69) is 10.6 Å². The molecule has 1 heterocycles. The molecule has 0 aromatic heterocycles. The lowest BCUT2D eigenvalue weighted by Crippen LogP contribution is -2.37. The van der Waals surface area contributed by atoms with Crippen LogP contribution < -0.4 is 14.9 Å². The number of hydrogen-bond acceptors (Lipinski definition) is 3. The molecule has 1 aliphatic rings. The van der Waals surface area contributed by atoms with Crippen molar-refractivity contribution in [3.05, 3.63) is 60.2 Å². The molecule has 6 nitrogen and oxygen atoms in total. The number of sulfonamides is 1. The highest BCUT2D eigenvalue weighted by atomic mass is 32.2. The van der Waals surface area contributed by atoms with Crippen LogP contribution in [-0.4, -0.2) is 26.7 Å². The van der Waals surface area contributed by atoms with Crippen LogP contribution in [0, 0.1) is 0 Å². The number of anilines is 2. The van der Waals surface area contributed by atoms with Gasteiger partial charge < -0.3 is 10.6 Å². The number of nitrogens with zero attached hydrogens (tertiary/aromatic N) is 1. The third-order valence-electron chi connectivity index (χ3n) is 4.04. The first-order valence-corrected chi connectivity index (χ1v) is 9.85. The van der Waals surface area contributed by atoms with Gasteiger partial charge >= 0.3 is 6.03 Å². The summed E-state index contributed by atoms with van der Waals surface area (Å²) in [4.78, 5) is 12.0. The first-order valence-electron chi connectivity index (χ1n) is 8.24. The molecule has 2 aromatic carbocycles. The fourth-order valence-electron chi connectivity index (χ4n) is 2.77. The molecule has 3 rings (SSSR count). The van der Waals surface area contributed by atoms with E-state index in [0.717, 1.165) is 12.0 Å². The summed E-state index contributed by atoms with van der Waals surface area (Å²) in [5.41, 5.74) is 2.15. The van der Waals surface area contributed by atoms with Crippen LogP contribution in [0.4, 0.5) is 16.2 Å². The summed E-state index contributed by atoms with van der Waals surface area (Å²) in [7, 11) is -3.26. The van der Waals surface area contributed by atoms with Gasteiger partial charge in [0.15, 0.2) is 0 Å². The standard InChI is InChI=1S/C18H21N3O3S/c22-18(19-14-15-7-2-1-3-8-15)20-16-9-6-10-17(13-16)21-11-4-5-12-25(21,23)24/h1-3,6-10,13H,4-5,11-12,14H2,(H2,19,20,22). The number of hydrogen-bond donors (Lipinski definition) is 2. The number of rotatable bonds is 4. The van der Waals surface area contributed by atoms with E-state index < -0.39 is 10.0 Å². The molecule has 1 fully saturated rings. The highest BCUT2D eigenvalue weighted by Crippen LogP contribution is 2.25. The van der Waals surface area contributed by atoms with Crippen LogP contribution in [0.25, 0.3) is 0 Å². The lowest BCUT2D eigenvalue weighted by atomic mass is 10.2. The smallest absolute Gasteiger partial charge is 0.319 e. The van der Waals surface area contributed by atoms with Crippen molar-refractivity contribution in [1.82, 2.24) is 5.32 Å². The molecule has 1 aliphatic heterocycles. The molecule has 2 N–H and O–H groups in total. The molecule has 0 aliphatic carbocycles. The zero-order chi connectivity index (χ0) is 17.7. The number of amides is 2. The molecule has 132 valence electrons. The maximum absolute atomic E-state index is 12.2. The van der Waals surface area contributed by atoms with E-state index in [0.29, 0.717) is 30.9 Å². The van der Waals surface area contributed by atoms with E-state index in [1.807, 2.05) is 30.3 Å². The number of nitrogens with one attached hydrogen (secondary N) is 2. The van der Waals surface area contributed by atoms with Gasteiger partial charge in [-0.05, 0) is 36.6 Å². The van der Waals surface area contributed by atoms with Crippen molar-refractivity contribution in [2.75, 3.05) is 21.9 Å². The highest BCUT2D eigenvalue weighted by molar-refractivity contribution is 7.92. The first kappa shape index (κ1) is 17.3. The number of urea groups is 1. The van der Waals surface area contributed by atoms with E-state index in [9.17, 15) is 13.2 Å². The van der Waals surface area contributed by atoms with Crippen molar-refractivity contribution in [2.45, 2.75) is 19.4 Å². The SMILES string of the molecule is O=C(NCc1ccccc1)Nc1cccc(N2CCCCS2(=O)=O)c1. The predicted octanol–water partition coefficient (Wildman–Crippen LogP) is 2.94. The van der Waals surface area contributed by atoms with Crippen LogP contribution in [0.1, 0.15) is 18.4 Å². The van der Waals surface area contributed by atoms with Crippen LogP contribution in [0.3, 0.4) is 0 Å². The topological polar surface area (TPSA) is 78.5 Å². The van der Waals surface area contributed by atoms with Crippen molar-refractivity contribution >= 4 is 27.4 Å². The molecule has 0 spiro atoms. The van der Waals surface area contributed by atoms with E-state index in [-0.39, 0.29) is 11.8 Å². The van der Waals surface area contributed by atoms with Crippen molar-refractivity contribution in [3.8, 4) is 0 Å². The zero-order valence-corrected chi connectivity index (χ0v) is 14.6. The molecule has 25 heavy (non-hydrogen) atoms. The molecule has 0 atom stereocenters. The second-order valence-corrected chi connectivity index (χ2v) is 7.95. The summed E-state index contributed by atoms with van der Waals surface area (Å²) in [5.74, 6) is 0.169. The maximum atomic E-state index is 12.2. The Morgan fingerprint density at radius 3 is 2.60 bits per heavy atom. The minimum absolute atomic E-state index is 0.169. The highest BCUT2D eigenvalue weighted by Gasteiger charge is 2.26. The summed E-state index contributed by atoms with van der Waals surface area (Å²) >= 11 is 0. The minimum atomic E-state index is -3.26. The van der Waals surface area contributed by atoms with Crippen LogP contribution in [0.2, 0.25) is 0 Å². The first-order chi connectivity index (χ1) is 12.0. The van der Waals surface area contributed by atoms with E-state index in [1.165, 1.54) is 4.31 Å². The Hall–Kier alpha value is -2.54. The zero-order valence-electron chi connectivity index (χ0n) is 13.8. The molecular weight excluding hydrogens is 338 g/mol. The predicted molar refractivity (Wildman–Crippen MR) is 99.1 cm³/mol. The Labute approximate surface area is 147 Å². The second kappa shape index (κ2) is 7.57. The van der Waals surface area contributed by atoms with Gasteiger partial charge in [-0.2, -0.15) is 0 Å². The Bertz CT molecular complexity index is 838. The van der Waals surface area contributed by atoms with Gasteiger partial charge in [0.2, 0.25) is 10.0 Å². The molecule has 0 unspecified atom stereocenters. The quantitative estimate of drug-likeness (QED) is 0.881. The summed E-state index contributed by atoms with van der Waals surface area (Å²) in [5, 5.41) is 5.53. The van der Waals surface area contributed by atoms with Gasteiger partial charge in [-0.3, -0.25) is 4.31 Å². The average Bonchev–Trinajstić information content (AvgIpc) is 2.61. The molecule has 2 aromatic rings. The molecule has 0 radical (unpaired) electrons. The summed E-state index contributed by atoms with van der Waals surface area (Å²) < 4.78 is 25.8. The fourth-order valence-corrected chi connectivity index (χ4v) is 4.40. The van der Waals surface area contributed by atoms with Crippen LogP contribution in [0.15, 0.2) is 54.6 Å². The van der Waals surface area contributed by atoms with Gasteiger partial charge in [0.25, 0.3) is 0 Å². The van der Waals surface area contributed by atoms with Crippen LogP contribution >= 0.6 is 0 Å². The number of benzene rings is 2. The van der Waals surface area contributed by atoms with Crippen molar-refractivity contribution in [3.63, 3.8) is 0 Å². The Morgan fingerprint density at radius 1 is 1.04 bits per heavy atom. The molecule has 0 bridgehead atoms. The summed E-state index contributed by atoms with van der Waals surface area (Å²) in [6.45, 7) is 0.902. The fraction of sp³-hybridized carbons (Fsp3) is 0.278. The number of carbonyl (C=O) groups excluding carboxylic acids is 1. The Morgan fingerprint density at radius 2 is 1.84 bits per heavy atom. The van der Waals surface area contributed by atoms with Crippen molar-refractivity contribution in [2.24, 2.45) is 0 Å². The van der Waals surface area contributed by atoms with E-state index in [1.54, 1.807) is 24.3 Å². The average molecular weight is 359 g/mol. The van der Waals surface area contributed by atoms with E-state index in [4.69, 9.17) is 0 Å². The maximum Gasteiger partial charge on any atom is 0.319 e. The Balaban J connectivity index is 1.64.